The van der Waals surface area contributed by atoms with Crippen molar-refractivity contribution in [1.82, 2.24) is 10.2 Å². The number of hydrogen-bond acceptors (Lipinski definition) is 2. The molecule has 0 aromatic carbocycles. The Kier molecular flexibility index (Phi) is 2.60. The van der Waals surface area contributed by atoms with Crippen LogP contribution < -0.4 is 0 Å². The summed E-state index contributed by atoms with van der Waals surface area (Å²) in [7, 11) is 0. The van der Waals surface area contributed by atoms with Gasteiger partial charge in [0.05, 0.1) is 12.3 Å². The zero-order valence-corrected chi connectivity index (χ0v) is 6.89. The summed E-state index contributed by atoms with van der Waals surface area (Å²) in [5.41, 5.74) is -0.893. The molecule has 1 atom stereocenters. The number of alkyl halides is 3. The molecule has 1 aromatic rings. The van der Waals surface area contributed by atoms with Gasteiger partial charge in [-0.2, -0.15) is 18.3 Å². The van der Waals surface area contributed by atoms with Crippen LogP contribution in [0.5, 0.6) is 0 Å². The molecule has 0 aliphatic carbocycles. The summed E-state index contributed by atoms with van der Waals surface area (Å²) in [4.78, 5) is 0. The number of aromatic nitrogens is 2. The van der Waals surface area contributed by atoms with E-state index in [1.165, 1.54) is 6.92 Å². The first kappa shape index (κ1) is 10.0. The van der Waals surface area contributed by atoms with Crippen LogP contribution in [0.3, 0.4) is 0 Å². The summed E-state index contributed by atoms with van der Waals surface area (Å²) in [6, 6.07) is 0. The van der Waals surface area contributed by atoms with Crippen LogP contribution in [0.25, 0.3) is 0 Å². The molecule has 0 radical (unpaired) electrons. The number of aliphatic hydroxyl groups excluding tert-OH is 1. The summed E-state index contributed by atoms with van der Waals surface area (Å²) in [5.74, 6) is 0. The van der Waals surface area contributed by atoms with Crippen molar-refractivity contribution in [3.8, 4) is 0 Å². The largest absolute Gasteiger partial charge is 0.433 e. The van der Waals surface area contributed by atoms with Gasteiger partial charge in [0.25, 0.3) is 0 Å². The van der Waals surface area contributed by atoms with Crippen molar-refractivity contribution in [2.24, 2.45) is 0 Å². The second-order valence-electron chi connectivity index (χ2n) is 2.82. The first-order valence-electron chi connectivity index (χ1n) is 3.68. The van der Waals surface area contributed by atoms with E-state index >= 15 is 0 Å². The Morgan fingerprint density at radius 3 is 2.69 bits per heavy atom. The minimum atomic E-state index is -4.43. The highest BCUT2D eigenvalue weighted by Crippen LogP contribution is 2.30. The van der Waals surface area contributed by atoms with E-state index in [9.17, 15) is 13.2 Å². The van der Waals surface area contributed by atoms with Crippen molar-refractivity contribution in [3.63, 3.8) is 0 Å². The van der Waals surface area contributed by atoms with Crippen LogP contribution in [0.1, 0.15) is 18.2 Å². The third kappa shape index (κ3) is 2.45. The summed E-state index contributed by atoms with van der Waals surface area (Å²) in [6.45, 7) is 1.42. The highest BCUT2D eigenvalue weighted by atomic mass is 19.4. The van der Waals surface area contributed by atoms with Gasteiger partial charge in [0.2, 0.25) is 0 Å². The summed E-state index contributed by atoms with van der Waals surface area (Å²) in [5, 5.41) is 14.1. The third-order valence-electron chi connectivity index (χ3n) is 1.52. The average molecular weight is 194 g/mol. The molecule has 0 spiro atoms. The van der Waals surface area contributed by atoms with Crippen molar-refractivity contribution in [2.45, 2.75) is 25.6 Å². The number of halogens is 3. The van der Waals surface area contributed by atoms with E-state index < -0.39 is 18.0 Å². The molecule has 0 bridgehead atoms. The van der Waals surface area contributed by atoms with Gasteiger partial charge in [-0.15, -0.1) is 0 Å². The van der Waals surface area contributed by atoms with E-state index in [1.807, 2.05) is 5.10 Å². The van der Waals surface area contributed by atoms with E-state index in [4.69, 9.17) is 5.11 Å². The molecule has 0 amide bonds. The molecular weight excluding hydrogens is 185 g/mol. The normalized spacial score (nSPS) is 14.5. The van der Waals surface area contributed by atoms with Crippen molar-refractivity contribution in [3.05, 3.63) is 17.5 Å². The maximum Gasteiger partial charge on any atom is 0.433 e. The van der Waals surface area contributed by atoms with Gasteiger partial charge >= 0.3 is 6.18 Å². The fourth-order valence-corrected chi connectivity index (χ4v) is 1.03. The Morgan fingerprint density at radius 1 is 1.62 bits per heavy atom. The molecule has 13 heavy (non-hydrogen) atoms. The predicted molar refractivity (Wildman–Crippen MR) is 39.0 cm³/mol. The van der Waals surface area contributed by atoms with Crippen LogP contribution in [0.4, 0.5) is 13.2 Å². The van der Waals surface area contributed by atoms with Gasteiger partial charge in [-0.3, -0.25) is 5.10 Å². The first-order valence-corrected chi connectivity index (χ1v) is 3.68. The van der Waals surface area contributed by atoms with Gasteiger partial charge in [0, 0.05) is 12.0 Å². The van der Waals surface area contributed by atoms with E-state index in [0.29, 0.717) is 0 Å². The van der Waals surface area contributed by atoms with Crippen molar-refractivity contribution in [1.29, 1.82) is 0 Å². The van der Waals surface area contributed by atoms with Gasteiger partial charge in [-0.25, -0.2) is 0 Å². The van der Waals surface area contributed by atoms with Crippen LogP contribution in [0.15, 0.2) is 6.20 Å². The van der Waals surface area contributed by atoms with Crippen LogP contribution in [0, 0.1) is 0 Å². The van der Waals surface area contributed by atoms with Crippen molar-refractivity contribution in [2.75, 3.05) is 0 Å². The van der Waals surface area contributed by atoms with E-state index in [-0.39, 0.29) is 12.0 Å². The number of nitrogens with zero attached hydrogens (tertiary/aromatic N) is 1. The molecule has 1 rings (SSSR count). The van der Waals surface area contributed by atoms with Crippen LogP contribution in [-0.2, 0) is 12.6 Å². The second kappa shape index (κ2) is 3.37. The van der Waals surface area contributed by atoms with Crippen molar-refractivity contribution < 1.29 is 18.3 Å². The lowest BCUT2D eigenvalue weighted by molar-refractivity contribution is -0.141. The molecule has 0 saturated heterocycles. The highest BCUT2D eigenvalue weighted by molar-refractivity contribution is 5.19. The highest BCUT2D eigenvalue weighted by Gasteiger charge is 2.35. The quantitative estimate of drug-likeness (QED) is 0.746. The lowest BCUT2D eigenvalue weighted by atomic mass is 10.1. The maximum atomic E-state index is 12.2. The van der Waals surface area contributed by atoms with Gasteiger partial charge < -0.3 is 5.11 Å². The number of H-pyrrole nitrogens is 1. The second-order valence-corrected chi connectivity index (χ2v) is 2.82. The predicted octanol–water partition coefficient (Wildman–Crippen LogP) is 1.35. The SMILES string of the molecule is C[C@@H](O)Cc1cn[nH]c1C(F)(F)F. The molecule has 0 fully saturated rings. The first-order chi connectivity index (χ1) is 5.91. The summed E-state index contributed by atoms with van der Waals surface area (Å²) < 4.78 is 36.5. The molecule has 74 valence electrons. The number of aromatic amines is 1. The molecule has 0 aliphatic heterocycles. The topological polar surface area (TPSA) is 48.9 Å². The smallest absolute Gasteiger partial charge is 0.393 e. The monoisotopic (exact) mass is 194 g/mol. The fourth-order valence-electron chi connectivity index (χ4n) is 1.03. The summed E-state index contributed by atoms with van der Waals surface area (Å²) in [6.07, 6.45) is -4.21. The number of rotatable bonds is 2. The Hall–Kier alpha value is -1.04. The van der Waals surface area contributed by atoms with Crippen LogP contribution >= 0.6 is 0 Å². The Morgan fingerprint density at radius 2 is 2.23 bits per heavy atom. The Labute approximate surface area is 72.6 Å². The molecule has 1 heterocycles. The molecule has 0 saturated carbocycles. The zero-order chi connectivity index (χ0) is 10.1. The van der Waals surface area contributed by atoms with Crippen LogP contribution in [-0.4, -0.2) is 21.4 Å². The van der Waals surface area contributed by atoms with E-state index in [1.54, 1.807) is 0 Å². The van der Waals surface area contributed by atoms with E-state index in [0.717, 1.165) is 6.20 Å². The van der Waals surface area contributed by atoms with Gasteiger partial charge in [0.15, 0.2) is 0 Å². The number of nitrogens with one attached hydrogen (secondary N) is 1. The third-order valence-corrected chi connectivity index (χ3v) is 1.52. The fraction of sp³-hybridized carbons (Fsp3) is 0.571. The average Bonchev–Trinajstić information content (AvgIpc) is 2.31. The van der Waals surface area contributed by atoms with Crippen molar-refractivity contribution >= 4 is 0 Å². The lowest BCUT2D eigenvalue weighted by Crippen LogP contribution is -2.12. The molecule has 3 nitrogen and oxygen atoms in total. The van der Waals surface area contributed by atoms with E-state index in [2.05, 4.69) is 5.10 Å². The lowest BCUT2D eigenvalue weighted by Gasteiger charge is -2.07. The molecular formula is C7H9F3N2O. The van der Waals surface area contributed by atoms with Crippen LogP contribution in [0.2, 0.25) is 0 Å². The summed E-state index contributed by atoms with van der Waals surface area (Å²) >= 11 is 0. The molecule has 1 aromatic heterocycles. The molecule has 0 aliphatic rings. The molecule has 0 unspecified atom stereocenters. The zero-order valence-electron chi connectivity index (χ0n) is 6.89. The molecule has 6 heteroatoms. The Balaban J connectivity index is 2.90. The minimum absolute atomic E-state index is 0.0116. The molecule has 2 N–H and O–H groups in total. The maximum absolute atomic E-state index is 12.2. The van der Waals surface area contributed by atoms with Gasteiger partial charge in [-0.1, -0.05) is 0 Å². The number of aliphatic hydroxyl groups is 1. The Bertz CT molecular complexity index is 280. The number of hydrogen-bond donors (Lipinski definition) is 2. The minimum Gasteiger partial charge on any atom is -0.393 e. The van der Waals surface area contributed by atoms with Gasteiger partial charge in [-0.05, 0) is 6.92 Å². The van der Waals surface area contributed by atoms with Gasteiger partial charge in [0.1, 0.15) is 5.69 Å². The standard InChI is InChI=1S/C7H9F3N2O/c1-4(13)2-5-3-11-12-6(5)7(8,9)10/h3-4,13H,2H2,1H3,(H,11,12)/t4-/m1/s1.